The van der Waals surface area contributed by atoms with Gasteiger partial charge in [0.15, 0.2) is 0 Å². The maximum atomic E-state index is 13.7. The maximum absolute atomic E-state index is 13.7. The van der Waals surface area contributed by atoms with Gasteiger partial charge < -0.3 is 5.32 Å². The van der Waals surface area contributed by atoms with E-state index in [1.165, 1.54) is 43.1 Å². The van der Waals surface area contributed by atoms with Crippen molar-refractivity contribution in [3.05, 3.63) is 33.9 Å². The number of nitrogens with one attached hydrogen (secondary N) is 1. The molecule has 2 nitrogen and oxygen atoms in total. The van der Waals surface area contributed by atoms with Gasteiger partial charge in [-0.2, -0.15) is 0 Å². The van der Waals surface area contributed by atoms with Gasteiger partial charge >= 0.3 is 0 Å². The van der Waals surface area contributed by atoms with Gasteiger partial charge in [0.05, 0.1) is 9.90 Å². The summed E-state index contributed by atoms with van der Waals surface area (Å²) in [4.78, 5) is 13.7. The first-order valence-corrected chi connectivity index (χ1v) is 11.3. The van der Waals surface area contributed by atoms with E-state index in [0.29, 0.717) is 10.8 Å². The highest BCUT2D eigenvalue weighted by Crippen LogP contribution is 2.51. The second-order valence-corrected chi connectivity index (χ2v) is 9.70. The summed E-state index contributed by atoms with van der Waals surface area (Å²) >= 11 is 7.27. The Labute approximate surface area is 170 Å². The average Bonchev–Trinajstić information content (AvgIpc) is 3.25. The summed E-state index contributed by atoms with van der Waals surface area (Å²) in [6, 6.07) is 5.00. The van der Waals surface area contributed by atoms with Crippen molar-refractivity contribution in [1.29, 1.82) is 0 Å². The quantitative estimate of drug-likeness (QED) is 0.466. The Morgan fingerprint density at radius 2 is 2.00 bits per heavy atom. The first-order chi connectivity index (χ1) is 12.9. The summed E-state index contributed by atoms with van der Waals surface area (Å²) in [6.07, 6.45) is 8.19. The number of hydrogen-bond acceptors (Lipinski definition) is 2. The Kier molecular flexibility index (Phi) is 6.47. The van der Waals surface area contributed by atoms with Gasteiger partial charge in [-0.25, -0.2) is 4.39 Å². The standard InChI is InChI=1S/C22H29ClFNOS/c1-4-6-8-14(7-5-2)20(22(3)9-10-22)25-21(26)19-12-15-11-17(24)16(23)13-18(15)27-19/h11-14,20H,4-10H2,1-3H3,(H,25,26). The van der Waals surface area contributed by atoms with Gasteiger partial charge in [0, 0.05) is 10.7 Å². The Morgan fingerprint density at radius 3 is 2.63 bits per heavy atom. The Morgan fingerprint density at radius 1 is 1.26 bits per heavy atom. The fraction of sp³-hybridized carbons (Fsp3) is 0.591. The van der Waals surface area contributed by atoms with E-state index >= 15 is 0 Å². The van der Waals surface area contributed by atoms with Crippen LogP contribution in [0.2, 0.25) is 5.02 Å². The molecule has 2 aromatic rings. The Balaban J connectivity index is 1.81. The molecule has 1 amide bonds. The molecular formula is C22H29ClFNOS. The minimum Gasteiger partial charge on any atom is -0.348 e. The zero-order valence-electron chi connectivity index (χ0n) is 16.4. The molecule has 1 N–H and O–H groups in total. The van der Waals surface area contributed by atoms with Gasteiger partial charge in [-0.3, -0.25) is 4.79 Å². The van der Waals surface area contributed by atoms with Crippen molar-refractivity contribution in [1.82, 2.24) is 5.32 Å². The predicted octanol–water partition coefficient (Wildman–Crippen LogP) is 7.20. The molecule has 0 aliphatic heterocycles. The summed E-state index contributed by atoms with van der Waals surface area (Å²) in [7, 11) is 0. The zero-order chi connectivity index (χ0) is 19.6. The van der Waals surface area contributed by atoms with Gasteiger partial charge in [0.2, 0.25) is 0 Å². The van der Waals surface area contributed by atoms with Crippen LogP contribution in [0.3, 0.4) is 0 Å². The number of hydrogen-bond donors (Lipinski definition) is 1. The smallest absolute Gasteiger partial charge is 0.261 e. The number of amides is 1. The largest absolute Gasteiger partial charge is 0.348 e. The second kappa shape index (κ2) is 8.48. The number of rotatable bonds is 9. The van der Waals surface area contributed by atoms with Crippen molar-refractivity contribution in [2.24, 2.45) is 11.3 Å². The van der Waals surface area contributed by atoms with Gasteiger partial charge in [-0.1, -0.05) is 51.6 Å². The molecule has 2 atom stereocenters. The molecule has 1 fully saturated rings. The molecule has 1 aromatic heterocycles. The molecule has 0 spiro atoms. The molecule has 0 radical (unpaired) electrons. The minimum absolute atomic E-state index is 0.0385. The van der Waals surface area contributed by atoms with Crippen LogP contribution in [0.5, 0.6) is 0 Å². The van der Waals surface area contributed by atoms with Gasteiger partial charge in [-0.15, -0.1) is 11.3 Å². The number of benzene rings is 1. The number of fused-ring (bicyclic) bond motifs is 1. The number of carbonyl (C=O) groups excluding carboxylic acids is 1. The van der Waals surface area contributed by atoms with Crippen LogP contribution in [0.1, 0.15) is 75.4 Å². The number of carbonyl (C=O) groups is 1. The van der Waals surface area contributed by atoms with E-state index in [1.54, 1.807) is 12.1 Å². The third-order valence-electron chi connectivity index (χ3n) is 5.92. The van der Waals surface area contributed by atoms with Gasteiger partial charge in [0.1, 0.15) is 5.82 Å². The molecular weight excluding hydrogens is 381 g/mol. The molecule has 1 heterocycles. The maximum Gasteiger partial charge on any atom is 0.261 e. The minimum atomic E-state index is -0.445. The molecule has 2 unspecified atom stereocenters. The highest BCUT2D eigenvalue weighted by Gasteiger charge is 2.48. The van der Waals surface area contributed by atoms with Gasteiger partial charge in [0.25, 0.3) is 5.91 Å². The molecule has 3 rings (SSSR count). The summed E-state index contributed by atoms with van der Waals surface area (Å²) in [5.74, 6) is 0.0380. The van der Waals surface area contributed by atoms with E-state index in [4.69, 9.17) is 11.6 Å². The van der Waals surface area contributed by atoms with Crippen molar-refractivity contribution in [2.45, 2.75) is 71.8 Å². The Bertz CT molecular complexity index is 775. The lowest BCUT2D eigenvalue weighted by Gasteiger charge is -2.33. The zero-order valence-corrected chi connectivity index (χ0v) is 18.0. The molecule has 1 saturated carbocycles. The third-order valence-corrected chi connectivity index (χ3v) is 7.30. The topological polar surface area (TPSA) is 29.1 Å². The van der Waals surface area contributed by atoms with Crippen LogP contribution in [-0.4, -0.2) is 11.9 Å². The first-order valence-electron chi connectivity index (χ1n) is 10.1. The van der Waals surface area contributed by atoms with E-state index in [0.717, 1.165) is 29.3 Å². The summed E-state index contributed by atoms with van der Waals surface area (Å²) in [5.41, 5.74) is 0.218. The first kappa shape index (κ1) is 20.6. The summed E-state index contributed by atoms with van der Waals surface area (Å²) in [6.45, 7) is 6.74. The molecule has 5 heteroatoms. The predicted molar refractivity (Wildman–Crippen MR) is 113 cm³/mol. The lowest BCUT2D eigenvalue weighted by atomic mass is 9.81. The Hall–Kier alpha value is -1.13. The molecule has 148 valence electrons. The van der Waals surface area contributed by atoms with Crippen molar-refractivity contribution in [3.63, 3.8) is 0 Å². The molecule has 0 saturated heterocycles. The van der Waals surface area contributed by atoms with E-state index in [1.807, 2.05) is 0 Å². The van der Waals surface area contributed by atoms with Crippen LogP contribution in [-0.2, 0) is 0 Å². The van der Waals surface area contributed by atoms with Crippen molar-refractivity contribution >= 4 is 38.9 Å². The van der Waals surface area contributed by atoms with E-state index in [2.05, 4.69) is 26.1 Å². The lowest BCUT2D eigenvalue weighted by Crippen LogP contribution is -2.45. The molecule has 27 heavy (non-hydrogen) atoms. The van der Waals surface area contributed by atoms with Crippen LogP contribution in [0, 0.1) is 17.2 Å². The van der Waals surface area contributed by atoms with Gasteiger partial charge in [-0.05, 0) is 60.6 Å². The fourth-order valence-electron chi connectivity index (χ4n) is 4.04. The van der Waals surface area contributed by atoms with Crippen molar-refractivity contribution < 1.29 is 9.18 Å². The monoisotopic (exact) mass is 409 g/mol. The van der Waals surface area contributed by atoms with Crippen LogP contribution in [0.4, 0.5) is 4.39 Å². The summed E-state index contributed by atoms with van der Waals surface area (Å²) < 4.78 is 14.6. The van der Waals surface area contributed by atoms with E-state index in [-0.39, 0.29) is 22.4 Å². The van der Waals surface area contributed by atoms with Crippen molar-refractivity contribution in [2.75, 3.05) is 0 Å². The molecule has 1 aliphatic rings. The van der Waals surface area contributed by atoms with E-state index in [9.17, 15) is 9.18 Å². The number of unbranched alkanes of at least 4 members (excludes halogenated alkanes) is 1. The normalized spacial score (nSPS) is 17.7. The number of halogens is 2. The van der Waals surface area contributed by atoms with Crippen LogP contribution >= 0.6 is 22.9 Å². The highest BCUT2D eigenvalue weighted by molar-refractivity contribution is 7.20. The average molecular weight is 410 g/mol. The molecule has 1 aromatic carbocycles. The van der Waals surface area contributed by atoms with Crippen molar-refractivity contribution in [3.8, 4) is 0 Å². The fourth-order valence-corrected chi connectivity index (χ4v) is 5.26. The van der Waals surface area contributed by atoms with Crippen LogP contribution < -0.4 is 5.32 Å². The lowest BCUT2D eigenvalue weighted by molar-refractivity contribution is 0.0888. The van der Waals surface area contributed by atoms with Crippen LogP contribution in [0.15, 0.2) is 18.2 Å². The second-order valence-electron chi connectivity index (χ2n) is 8.21. The third kappa shape index (κ3) is 4.65. The van der Waals surface area contributed by atoms with Crippen LogP contribution in [0.25, 0.3) is 10.1 Å². The molecule has 1 aliphatic carbocycles. The SMILES string of the molecule is CCCCC(CCC)C(NC(=O)c1cc2cc(F)c(Cl)cc2s1)C1(C)CC1. The highest BCUT2D eigenvalue weighted by atomic mass is 35.5. The number of thiophene rings is 1. The summed E-state index contributed by atoms with van der Waals surface area (Å²) in [5, 5.41) is 4.20. The molecule has 0 bridgehead atoms. The van der Waals surface area contributed by atoms with E-state index < -0.39 is 5.82 Å².